The van der Waals surface area contributed by atoms with Crippen molar-refractivity contribution < 1.29 is 14.0 Å². The van der Waals surface area contributed by atoms with E-state index in [2.05, 4.69) is 13.5 Å². The van der Waals surface area contributed by atoms with Gasteiger partial charge in [0.2, 0.25) is 6.23 Å². The van der Waals surface area contributed by atoms with Crippen LogP contribution < -0.4 is 0 Å². The molecule has 0 saturated carbocycles. The molecule has 0 spiro atoms. The number of carbonyl (C=O) groups is 1. The van der Waals surface area contributed by atoms with Gasteiger partial charge in [0.15, 0.2) is 0 Å². The summed E-state index contributed by atoms with van der Waals surface area (Å²) in [5.74, 6) is -0.313. The average molecular weight is 186 g/mol. The zero-order valence-electron chi connectivity index (χ0n) is 9.26. The molecule has 0 aromatic rings. The lowest BCUT2D eigenvalue weighted by atomic mass is 10.3. The van der Waals surface area contributed by atoms with Gasteiger partial charge in [0, 0.05) is 12.5 Å². The first-order chi connectivity index (χ1) is 5.81. The maximum absolute atomic E-state index is 11.2. The summed E-state index contributed by atoms with van der Waals surface area (Å²) in [6, 6.07) is 0. The van der Waals surface area contributed by atoms with Crippen LogP contribution in [0.25, 0.3) is 0 Å². The van der Waals surface area contributed by atoms with E-state index in [0.717, 1.165) is 6.54 Å². The van der Waals surface area contributed by atoms with Crippen LogP contribution in [0.3, 0.4) is 0 Å². The fourth-order valence-corrected chi connectivity index (χ4v) is 0.655. The van der Waals surface area contributed by atoms with Crippen LogP contribution in [-0.2, 0) is 9.53 Å². The zero-order valence-corrected chi connectivity index (χ0v) is 9.26. The maximum Gasteiger partial charge on any atom is 0.337 e. The standard InChI is InChI=1S/C10H20NO2/c1-7-11(5,6)9(4)13-10(12)8(2)3/h9H,2,7H2,1,3-6H3/q+1. The zero-order chi connectivity index (χ0) is 10.6. The van der Waals surface area contributed by atoms with Gasteiger partial charge in [-0.25, -0.2) is 4.79 Å². The molecule has 0 aliphatic heterocycles. The highest BCUT2D eigenvalue weighted by atomic mass is 16.6. The SMILES string of the molecule is C=C(C)C(=O)OC(C)[N+](C)(C)CC. The molecule has 76 valence electrons. The maximum atomic E-state index is 11.2. The van der Waals surface area contributed by atoms with Crippen LogP contribution in [0.15, 0.2) is 12.2 Å². The van der Waals surface area contributed by atoms with Gasteiger partial charge in [-0.2, -0.15) is 0 Å². The molecule has 0 heterocycles. The first-order valence-electron chi connectivity index (χ1n) is 4.50. The van der Waals surface area contributed by atoms with Crippen LogP contribution in [0, 0.1) is 0 Å². The van der Waals surface area contributed by atoms with Crippen molar-refractivity contribution in [3.8, 4) is 0 Å². The van der Waals surface area contributed by atoms with Gasteiger partial charge in [-0.3, -0.25) is 4.48 Å². The van der Waals surface area contributed by atoms with E-state index in [9.17, 15) is 4.79 Å². The van der Waals surface area contributed by atoms with Gasteiger partial charge in [0.05, 0.1) is 20.6 Å². The van der Waals surface area contributed by atoms with E-state index in [0.29, 0.717) is 10.1 Å². The third-order valence-electron chi connectivity index (χ3n) is 2.43. The van der Waals surface area contributed by atoms with E-state index in [4.69, 9.17) is 4.74 Å². The number of rotatable bonds is 4. The van der Waals surface area contributed by atoms with Crippen molar-refractivity contribution in [2.45, 2.75) is 27.0 Å². The van der Waals surface area contributed by atoms with Gasteiger partial charge >= 0.3 is 5.97 Å². The Morgan fingerprint density at radius 3 is 2.31 bits per heavy atom. The molecule has 0 bridgehead atoms. The highest BCUT2D eigenvalue weighted by Crippen LogP contribution is 2.09. The smallest absolute Gasteiger partial charge is 0.337 e. The minimum Gasteiger partial charge on any atom is -0.409 e. The molecule has 13 heavy (non-hydrogen) atoms. The van der Waals surface area contributed by atoms with Gasteiger partial charge < -0.3 is 4.74 Å². The monoisotopic (exact) mass is 186 g/mol. The second kappa shape index (κ2) is 4.42. The minimum absolute atomic E-state index is 0.130. The van der Waals surface area contributed by atoms with Crippen LogP contribution in [0.5, 0.6) is 0 Å². The predicted octanol–water partition coefficient (Wildman–Crippen LogP) is 1.55. The van der Waals surface area contributed by atoms with Gasteiger partial charge in [0.1, 0.15) is 0 Å². The summed E-state index contributed by atoms with van der Waals surface area (Å²) in [4.78, 5) is 11.2. The topological polar surface area (TPSA) is 26.3 Å². The highest BCUT2D eigenvalue weighted by molar-refractivity contribution is 5.86. The van der Waals surface area contributed by atoms with Gasteiger partial charge in [-0.05, 0) is 13.8 Å². The lowest BCUT2D eigenvalue weighted by Crippen LogP contribution is -2.49. The summed E-state index contributed by atoms with van der Waals surface area (Å²) in [6.07, 6.45) is -0.130. The van der Waals surface area contributed by atoms with Gasteiger partial charge in [-0.15, -0.1) is 0 Å². The lowest BCUT2D eigenvalue weighted by Gasteiger charge is -2.33. The van der Waals surface area contributed by atoms with Crippen LogP contribution in [0.1, 0.15) is 20.8 Å². The molecule has 0 aromatic heterocycles. The Kier molecular flexibility index (Phi) is 4.14. The first kappa shape index (κ1) is 12.2. The molecule has 3 nitrogen and oxygen atoms in total. The van der Waals surface area contributed by atoms with E-state index in [1.54, 1.807) is 6.92 Å². The van der Waals surface area contributed by atoms with Crippen molar-refractivity contribution in [1.82, 2.24) is 0 Å². The van der Waals surface area contributed by atoms with Crippen molar-refractivity contribution in [2.75, 3.05) is 20.6 Å². The van der Waals surface area contributed by atoms with Crippen LogP contribution in [-0.4, -0.2) is 37.3 Å². The quantitative estimate of drug-likeness (QED) is 0.288. The van der Waals surface area contributed by atoms with Gasteiger partial charge in [0.25, 0.3) is 0 Å². The van der Waals surface area contributed by atoms with Crippen molar-refractivity contribution >= 4 is 5.97 Å². The van der Waals surface area contributed by atoms with E-state index in [-0.39, 0.29) is 12.2 Å². The number of nitrogens with zero attached hydrogens (tertiary/aromatic N) is 1. The Labute approximate surface area is 80.6 Å². The molecule has 0 saturated heterocycles. The molecule has 1 unspecified atom stereocenters. The van der Waals surface area contributed by atoms with E-state index in [1.807, 2.05) is 21.0 Å². The molecule has 1 atom stereocenters. The molecule has 3 heteroatoms. The van der Waals surface area contributed by atoms with E-state index >= 15 is 0 Å². The molecule has 0 N–H and O–H groups in total. The summed E-state index contributed by atoms with van der Waals surface area (Å²) in [6.45, 7) is 10.1. The predicted molar refractivity (Wildman–Crippen MR) is 53.0 cm³/mol. The molecule has 0 aliphatic rings. The Morgan fingerprint density at radius 1 is 1.54 bits per heavy atom. The number of ether oxygens (including phenoxy) is 1. The third-order valence-corrected chi connectivity index (χ3v) is 2.43. The molecule has 0 rings (SSSR count). The average Bonchev–Trinajstić information content (AvgIpc) is 2.04. The summed E-state index contributed by atoms with van der Waals surface area (Å²) in [7, 11) is 4.05. The molecular formula is C10H20NO2+. The largest absolute Gasteiger partial charge is 0.409 e. The number of hydrogen-bond donors (Lipinski definition) is 0. The van der Waals surface area contributed by atoms with Crippen molar-refractivity contribution in [3.05, 3.63) is 12.2 Å². The minimum atomic E-state index is -0.313. The summed E-state index contributed by atoms with van der Waals surface area (Å²) < 4.78 is 5.87. The number of hydrogen-bond acceptors (Lipinski definition) is 2. The molecule has 0 fully saturated rings. The summed E-state index contributed by atoms with van der Waals surface area (Å²) in [5.41, 5.74) is 0.447. The Hall–Kier alpha value is -0.830. The second-order valence-electron chi connectivity index (χ2n) is 3.88. The second-order valence-corrected chi connectivity index (χ2v) is 3.88. The number of esters is 1. The van der Waals surface area contributed by atoms with Crippen molar-refractivity contribution in [2.24, 2.45) is 0 Å². The van der Waals surface area contributed by atoms with Crippen LogP contribution in [0.2, 0.25) is 0 Å². The number of carbonyl (C=O) groups excluding carboxylic acids is 1. The van der Waals surface area contributed by atoms with E-state index in [1.165, 1.54) is 0 Å². The Morgan fingerprint density at radius 2 is 2.00 bits per heavy atom. The van der Waals surface area contributed by atoms with Crippen molar-refractivity contribution in [3.63, 3.8) is 0 Å². The molecule has 0 aromatic carbocycles. The molecule has 0 amide bonds. The fourth-order valence-electron chi connectivity index (χ4n) is 0.655. The Bertz CT molecular complexity index is 209. The van der Waals surface area contributed by atoms with E-state index < -0.39 is 0 Å². The Balaban J connectivity index is 4.23. The van der Waals surface area contributed by atoms with Crippen molar-refractivity contribution in [1.29, 1.82) is 0 Å². The summed E-state index contributed by atoms with van der Waals surface area (Å²) >= 11 is 0. The summed E-state index contributed by atoms with van der Waals surface area (Å²) in [5, 5.41) is 0. The van der Waals surface area contributed by atoms with Crippen LogP contribution in [0.4, 0.5) is 0 Å². The third kappa shape index (κ3) is 3.59. The van der Waals surface area contributed by atoms with Crippen LogP contribution >= 0.6 is 0 Å². The number of quaternary nitrogens is 1. The normalized spacial score (nSPS) is 13.6. The molecule has 0 aliphatic carbocycles. The molecule has 0 radical (unpaired) electrons. The lowest BCUT2D eigenvalue weighted by molar-refractivity contribution is -0.931. The first-order valence-corrected chi connectivity index (χ1v) is 4.50. The van der Waals surface area contributed by atoms with Gasteiger partial charge in [-0.1, -0.05) is 6.58 Å². The molecular weight excluding hydrogens is 166 g/mol. The highest BCUT2D eigenvalue weighted by Gasteiger charge is 2.25. The fraction of sp³-hybridized carbons (Fsp3) is 0.700.